The Kier molecular flexibility index (Phi) is 7.94. The maximum atomic E-state index is 10.0. The summed E-state index contributed by atoms with van der Waals surface area (Å²) in [6, 6.07) is 1.59. The predicted octanol–water partition coefficient (Wildman–Crippen LogP) is 1.08. The molecule has 1 aromatic heterocycles. The van der Waals surface area contributed by atoms with Gasteiger partial charge in [-0.25, -0.2) is 0 Å². The first kappa shape index (κ1) is 18.5. The van der Waals surface area contributed by atoms with E-state index in [1.165, 1.54) is 25.5 Å². The molecule has 1 aromatic rings. The van der Waals surface area contributed by atoms with Crippen LogP contribution in [0.15, 0.2) is 23.6 Å². The number of hydrogen-bond acceptors (Lipinski definition) is 7. The zero-order valence-electron chi connectivity index (χ0n) is 12.4. The second-order valence-electron chi connectivity index (χ2n) is 5.19. The Morgan fingerprint density at radius 3 is 2.77 bits per heavy atom. The molecule has 0 saturated carbocycles. The second-order valence-corrected chi connectivity index (χ2v) is 5.19. The van der Waals surface area contributed by atoms with Gasteiger partial charge in [-0.05, 0) is 37.2 Å². The third-order valence-corrected chi connectivity index (χ3v) is 3.51. The van der Waals surface area contributed by atoms with Crippen LogP contribution in [0.2, 0.25) is 0 Å². The summed E-state index contributed by atoms with van der Waals surface area (Å²) in [6.45, 7) is 2.62. The van der Waals surface area contributed by atoms with Gasteiger partial charge < -0.3 is 25.7 Å². The van der Waals surface area contributed by atoms with E-state index in [9.17, 15) is 5.11 Å². The molecular formula is C14H23ClN4O3. The fourth-order valence-corrected chi connectivity index (χ4v) is 2.41. The number of nitrogens with two attached hydrogens (primary N) is 1. The molecule has 1 aliphatic heterocycles. The van der Waals surface area contributed by atoms with Crippen LogP contribution in [0, 0.1) is 0 Å². The monoisotopic (exact) mass is 330 g/mol. The van der Waals surface area contributed by atoms with Gasteiger partial charge in [-0.15, -0.1) is 12.4 Å². The van der Waals surface area contributed by atoms with Crippen molar-refractivity contribution in [1.82, 2.24) is 9.88 Å². The summed E-state index contributed by atoms with van der Waals surface area (Å²) in [7, 11) is 0. The number of pyridine rings is 1. The highest BCUT2D eigenvalue weighted by Crippen LogP contribution is 2.12. The Labute approximate surface area is 136 Å². The van der Waals surface area contributed by atoms with Gasteiger partial charge >= 0.3 is 0 Å². The highest BCUT2D eigenvalue weighted by Gasteiger charge is 2.17. The number of aromatic nitrogens is 1. The van der Waals surface area contributed by atoms with Crippen LogP contribution in [-0.4, -0.2) is 58.4 Å². The fraction of sp³-hybridized carbons (Fsp3) is 0.571. The van der Waals surface area contributed by atoms with Gasteiger partial charge in [-0.3, -0.25) is 4.98 Å². The van der Waals surface area contributed by atoms with Crippen LogP contribution in [0.3, 0.4) is 0 Å². The molecule has 0 radical (unpaired) electrons. The lowest BCUT2D eigenvalue weighted by molar-refractivity contribution is 0.0565. The van der Waals surface area contributed by atoms with Crippen LogP contribution in [0.1, 0.15) is 24.8 Å². The topological polar surface area (TPSA) is 104 Å². The Bertz CT molecular complexity index is 481. The maximum absolute atomic E-state index is 10.0. The summed E-state index contributed by atoms with van der Waals surface area (Å²) in [5, 5.41) is 22.1. The Morgan fingerprint density at radius 1 is 1.41 bits per heavy atom. The summed E-state index contributed by atoms with van der Waals surface area (Å²) in [4.78, 5) is 6.13. The molecule has 0 aliphatic carbocycles. The summed E-state index contributed by atoms with van der Waals surface area (Å²) in [6.07, 6.45) is 5.95. The maximum Gasteiger partial charge on any atom is 0.261 e. The lowest BCUT2D eigenvalue weighted by atomic mass is 10.1. The number of aliphatic hydroxyl groups excluding tert-OH is 1. The molecule has 1 saturated heterocycles. The predicted molar refractivity (Wildman–Crippen MR) is 86.5 cm³/mol. The van der Waals surface area contributed by atoms with Crippen molar-refractivity contribution in [3.05, 3.63) is 24.0 Å². The minimum absolute atomic E-state index is 0. The van der Waals surface area contributed by atoms with E-state index in [1.807, 2.05) is 0 Å². The molecule has 4 N–H and O–H groups in total. The first-order valence-corrected chi connectivity index (χ1v) is 7.16. The number of piperidine rings is 1. The van der Waals surface area contributed by atoms with E-state index in [2.05, 4.69) is 15.0 Å². The third kappa shape index (κ3) is 5.32. The van der Waals surface area contributed by atoms with E-state index in [1.54, 1.807) is 12.3 Å². The molecule has 0 spiro atoms. The molecule has 0 aromatic carbocycles. The fourth-order valence-electron chi connectivity index (χ4n) is 2.41. The van der Waals surface area contributed by atoms with Crippen molar-refractivity contribution in [3.63, 3.8) is 0 Å². The molecular weight excluding hydrogens is 308 g/mol. The SMILES string of the molecule is Cl.Nc1ccncc1C(=NO)OCC(O)CN1CCCCC1. The molecule has 8 heteroatoms. The number of β-amino-alcohol motifs (C(OH)–C–C–N with tert-alkyl or cyclic N) is 1. The van der Waals surface area contributed by atoms with Crippen LogP contribution in [0.25, 0.3) is 0 Å². The number of nitrogen functional groups attached to an aromatic ring is 1. The quantitative estimate of drug-likeness (QED) is 0.323. The lowest BCUT2D eigenvalue weighted by Gasteiger charge is -2.28. The van der Waals surface area contributed by atoms with Crippen molar-refractivity contribution in [2.24, 2.45) is 5.16 Å². The highest BCUT2D eigenvalue weighted by atomic mass is 35.5. The van der Waals surface area contributed by atoms with Gasteiger partial charge in [0.25, 0.3) is 5.90 Å². The number of anilines is 1. The van der Waals surface area contributed by atoms with E-state index < -0.39 is 6.10 Å². The summed E-state index contributed by atoms with van der Waals surface area (Å²) in [5.74, 6) is -0.0294. The molecule has 2 heterocycles. The van der Waals surface area contributed by atoms with Crippen LogP contribution < -0.4 is 5.73 Å². The molecule has 1 fully saturated rings. The van der Waals surface area contributed by atoms with E-state index in [4.69, 9.17) is 15.7 Å². The Hall–Kier alpha value is -1.57. The minimum Gasteiger partial charge on any atom is -0.472 e. The molecule has 2 rings (SSSR count). The molecule has 1 unspecified atom stereocenters. The number of likely N-dealkylation sites (tertiary alicyclic amines) is 1. The van der Waals surface area contributed by atoms with Gasteiger partial charge in [-0.1, -0.05) is 6.42 Å². The van der Waals surface area contributed by atoms with Crippen molar-refractivity contribution in [2.75, 3.05) is 32.0 Å². The molecule has 22 heavy (non-hydrogen) atoms. The number of hydrogen-bond donors (Lipinski definition) is 3. The molecule has 1 atom stereocenters. The summed E-state index contributed by atoms with van der Waals surface area (Å²) in [5.41, 5.74) is 6.58. The van der Waals surface area contributed by atoms with Crippen molar-refractivity contribution >= 4 is 24.0 Å². The Balaban J connectivity index is 0.00000242. The molecule has 0 amide bonds. The van der Waals surface area contributed by atoms with Gasteiger partial charge in [0.05, 0.1) is 5.56 Å². The van der Waals surface area contributed by atoms with Crippen molar-refractivity contribution in [2.45, 2.75) is 25.4 Å². The molecule has 7 nitrogen and oxygen atoms in total. The van der Waals surface area contributed by atoms with E-state index in [-0.39, 0.29) is 24.9 Å². The van der Waals surface area contributed by atoms with Crippen molar-refractivity contribution in [1.29, 1.82) is 0 Å². The van der Waals surface area contributed by atoms with Gasteiger partial charge in [0.2, 0.25) is 0 Å². The number of halogens is 1. The second kappa shape index (κ2) is 9.45. The number of ether oxygens (including phenoxy) is 1. The molecule has 0 bridgehead atoms. The van der Waals surface area contributed by atoms with Crippen molar-refractivity contribution < 1.29 is 15.1 Å². The van der Waals surface area contributed by atoms with E-state index >= 15 is 0 Å². The normalized spacial score (nSPS) is 17.6. The largest absolute Gasteiger partial charge is 0.472 e. The number of rotatable bonds is 5. The van der Waals surface area contributed by atoms with E-state index in [0.717, 1.165) is 13.1 Å². The zero-order valence-corrected chi connectivity index (χ0v) is 13.2. The highest BCUT2D eigenvalue weighted by molar-refractivity contribution is 5.98. The van der Waals surface area contributed by atoms with E-state index in [0.29, 0.717) is 17.8 Å². The molecule has 1 aliphatic rings. The van der Waals surface area contributed by atoms with Gasteiger partial charge in [0.1, 0.15) is 12.7 Å². The summed E-state index contributed by atoms with van der Waals surface area (Å²) >= 11 is 0. The van der Waals surface area contributed by atoms with Crippen molar-refractivity contribution in [3.8, 4) is 0 Å². The standard InChI is InChI=1S/C14H22N4O3.ClH/c15-13-4-5-16-8-12(13)14(17-20)21-10-11(19)9-18-6-2-1-3-7-18;/h4-5,8,11,19-20H,1-3,6-7,9-10H2,(H2,15,16);1H. The number of nitrogens with zero attached hydrogens (tertiary/aromatic N) is 3. The smallest absolute Gasteiger partial charge is 0.261 e. The van der Waals surface area contributed by atoms with Gasteiger partial charge in [-0.2, -0.15) is 0 Å². The average Bonchev–Trinajstić information content (AvgIpc) is 2.50. The van der Waals surface area contributed by atoms with Crippen LogP contribution >= 0.6 is 12.4 Å². The van der Waals surface area contributed by atoms with Crippen LogP contribution in [0.5, 0.6) is 0 Å². The minimum atomic E-state index is -0.641. The van der Waals surface area contributed by atoms with Gasteiger partial charge in [0.15, 0.2) is 0 Å². The van der Waals surface area contributed by atoms with Crippen LogP contribution in [-0.2, 0) is 4.74 Å². The lowest BCUT2D eigenvalue weighted by Crippen LogP contribution is -2.38. The zero-order chi connectivity index (χ0) is 15.1. The summed E-state index contributed by atoms with van der Waals surface area (Å²) < 4.78 is 5.36. The first-order valence-electron chi connectivity index (χ1n) is 7.16. The third-order valence-electron chi connectivity index (χ3n) is 3.51. The average molecular weight is 331 g/mol. The van der Waals surface area contributed by atoms with Gasteiger partial charge in [0, 0.05) is 24.6 Å². The molecule has 124 valence electrons. The Morgan fingerprint density at radius 2 is 2.14 bits per heavy atom. The van der Waals surface area contributed by atoms with Crippen LogP contribution in [0.4, 0.5) is 5.69 Å². The number of oxime groups is 1. The number of aliphatic hydroxyl groups is 1. The first-order chi connectivity index (χ1) is 10.2.